The van der Waals surface area contributed by atoms with E-state index >= 15 is 0 Å². The summed E-state index contributed by atoms with van der Waals surface area (Å²) in [7, 11) is 0. The molecule has 178 valence electrons. The highest BCUT2D eigenvalue weighted by Crippen LogP contribution is 2.27. The van der Waals surface area contributed by atoms with E-state index in [1.807, 2.05) is 13.8 Å². The number of carbonyl (C=O) groups excluding carboxylic acids is 4. The van der Waals surface area contributed by atoms with Gasteiger partial charge in [-0.2, -0.15) is 0 Å². The van der Waals surface area contributed by atoms with E-state index in [0.717, 1.165) is 43.4 Å². The fraction of sp³-hybridized carbons (Fsp3) is 0.700. The van der Waals surface area contributed by atoms with Gasteiger partial charge in [0.15, 0.2) is 0 Å². The summed E-state index contributed by atoms with van der Waals surface area (Å²) in [6.07, 6.45) is 6.35. The van der Waals surface area contributed by atoms with Crippen LogP contribution in [-0.2, 0) is 9.59 Å². The van der Waals surface area contributed by atoms with Crippen LogP contribution in [0.4, 0.5) is 4.79 Å². The van der Waals surface area contributed by atoms with Crippen LogP contribution >= 0.6 is 24.2 Å². The first-order valence-electron chi connectivity index (χ1n) is 10.7. The topological polar surface area (TPSA) is 126 Å². The van der Waals surface area contributed by atoms with Crippen LogP contribution in [0.25, 0.3) is 0 Å². The van der Waals surface area contributed by atoms with E-state index in [9.17, 15) is 19.2 Å². The predicted octanol–water partition coefficient (Wildman–Crippen LogP) is 2.52. The number of hydrogen-bond acceptors (Lipinski definition) is 8. The second-order valence-corrected chi connectivity index (χ2v) is 9.33. The Morgan fingerprint density at radius 3 is 2.59 bits per heavy atom. The largest absolute Gasteiger partial charge is 0.408 e. The fourth-order valence-electron chi connectivity index (χ4n) is 4.02. The monoisotopic (exact) mass is 487 g/mol. The number of nitrogens with zero attached hydrogens (tertiary/aromatic N) is 4. The van der Waals surface area contributed by atoms with Crippen molar-refractivity contribution < 1.29 is 23.6 Å². The summed E-state index contributed by atoms with van der Waals surface area (Å²) in [5, 5.41) is 10.5. The van der Waals surface area contributed by atoms with Gasteiger partial charge in [0.25, 0.3) is 11.1 Å². The molecule has 1 saturated heterocycles. The molecule has 0 radical (unpaired) electrons. The number of aromatic nitrogens is 2. The van der Waals surface area contributed by atoms with Crippen molar-refractivity contribution in [2.24, 2.45) is 5.92 Å². The molecule has 1 saturated carbocycles. The second kappa shape index (κ2) is 12.2. The van der Waals surface area contributed by atoms with E-state index in [1.165, 1.54) is 11.8 Å². The van der Waals surface area contributed by atoms with Crippen LogP contribution in [0.15, 0.2) is 9.64 Å². The van der Waals surface area contributed by atoms with Gasteiger partial charge in [0.05, 0.1) is 6.54 Å². The average molecular weight is 488 g/mol. The Balaban J connectivity index is 0.00000363. The molecule has 0 unspecified atom stereocenters. The maximum Gasteiger partial charge on any atom is 0.324 e. The molecule has 0 spiro atoms. The Hall–Kier alpha value is -2.14. The maximum absolute atomic E-state index is 13.2. The predicted molar refractivity (Wildman–Crippen MR) is 120 cm³/mol. The summed E-state index contributed by atoms with van der Waals surface area (Å²) in [6.45, 7) is 4.23. The number of amides is 4. The second-order valence-electron chi connectivity index (χ2n) is 8.28. The number of hydrogen-bond donors (Lipinski definition) is 1. The van der Waals surface area contributed by atoms with Crippen LogP contribution < -0.4 is 5.32 Å². The SMILES string of the molecule is CC(C)C[C@@H](C(=O)c1nnc(SCCN2C(=O)CNC2=O)o1)N(C=O)C1CCCCC1.Cl. The summed E-state index contributed by atoms with van der Waals surface area (Å²) >= 11 is 1.17. The molecule has 32 heavy (non-hydrogen) atoms. The van der Waals surface area contributed by atoms with Crippen molar-refractivity contribution in [3.63, 3.8) is 0 Å². The lowest BCUT2D eigenvalue weighted by Gasteiger charge is -2.36. The van der Waals surface area contributed by atoms with Crippen LogP contribution in [0.1, 0.15) is 63.1 Å². The van der Waals surface area contributed by atoms with E-state index in [1.54, 1.807) is 4.90 Å². The molecule has 10 nitrogen and oxygen atoms in total. The zero-order valence-corrected chi connectivity index (χ0v) is 20.0. The van der Waals surface area contributed by atoms with E-state index < -0.39 is 12.1 Å². The number of ketones is 1. The third kappa shape index (κ3) is 6.44. The summed E-state index contributed by atoms with van der Waals surface area (Å²) in [4.78, 5) is 51.1. The van der Waals surface area contributed by atoms with E-state index in [4.69, 9.17) is 4.42 Å². The van der Waals surface area contributed by atoms with Gasteiger partial charge in [-0.15, -0.1) is 22.6 Å². The Kier molecular flexibility index (Phi) is 9.95. The zero-order chi connectivity index (χ0) is 22.4. The molecule has 1 aliphatic heterocycles. The van der Waals surface area contributed by atoms with Gasteiger partial charge in [0.2, 0.25) is 18.1 Å². The Labute approximate surface area is 197 Å². The van der Waals surface area contributed by atoms with Crippen LogP contribution in [0.5, 0.6) is 0 Å². The first-order valence-corrected chi connectivity index (χ1v) is 11.7. The smallest absolute Gasteiger partial charge is 0.324 e. The van der Waals surface area contributed by atoms with Crippen molar-refractivity contribution in [2.75, 3.05) is 18.8 Å². The first kappa shape index (κ1) is 26.1. The lowest BCUT2D eigenvalue weighted by atomic mass is 9.91. The molecule has 0 aromatic carbocycles. The minimum absolute atomic E-state index is 0. The highest BCUT2D eigenvalue weighted by atomic mass is 35.5. The summed E-state index contributed by atoms with van der Waals surface area (Å²) in [5.74, 6) is -0.167. The minimum Gasteiger partial charge on any atom is -0.408 e. The molecular formula is C20H30ClN5O5S. The van der Waals surface area contributed by atoms with E-state index in [0.29, 0.717) is 12.2 Å². The summed E-state index contributed by atoms with van der Waals surface area (Å²) in [6, 6.07) is -0.995. The molecular weight excluding hydrogens is 458 g/mol. The number of halogens is 1. The number of rotatable bonds is 11. The third-order valence-electron chi connectivity index (χ3n) is 5.57. The van der Waals surface area contributed by atoms with Crippen molar-refractivity contribution in [1.82, 2.24) is 25.3 Å². The van der Waals surface area contributed by atoms with Crippen molar-refractivity contribution in [3.8, 4) is 0 Å². The van der Waals surface area contributed by atoms with Gasteiger partial charge in [-0.1, -0.05) is 44.9 Å². The lowest BCUT2D eigenvalue weighted by molar-refractivity contribution is -0.125. The standard InChI is InChI=1S/C20H29N5O5S.ClH/c1-13(2)10-15(25(12-26)14-6-4-3-5-7-14)17(28)18-22-23-20(30-18)31-9-8-24-16(27)11-21-19(24)29;/h12-15H,3-11H2,1-2H3,(H,21,29);1H/t15-;/m0./s1. The molecule has 1 N–H and O–H groups in total. The van der Waals surface area contributed by atoms with Crippen LogP contribution in [0.3, 0.4) is 0 Å². The van der Waals surface area contributed by atoms with Gasteiger partial charge in [-0.05, 0) is 25.2 Å². The van der Waals surface area contributed by atoms with Gasteiger partial charge in [-0.25, -0.2) is 4.79 Å². The van der Waals surface area contributed by atoms with Gasteiger partial charge >= 0.3 is 6.03 Å². The molecule has 3 rings (SSSR count). The van der Waals surface area contributed by atoms with Crippen molar-refractivity contribution in [1.29, 1.82) is 0 Å². The minimum atomic E-state index is -0.634. The summed E-state index contributed by atoms with van der Waals surface area (Å²) in [5.41, 5.74) is 0. The molecule has 2 aliphatic rings. The molecule has 0 bridgehead atoms. The number of urea groups is 1. The normalized spacial score (nSPS) is 17.8. The van der Waals surface area contributed by atoms with Gasteiger partial charge in [0.1, 0.15) is 6.04 Å². The highest BCUT2D eigenvalue weighted by molar-refractivity contribution is 7.99. The molecule has 12 heteroatoms. The number of Topliss-reactive ketones (excluding diaryl/α,β-unsaturated/α-hetero) is 1. The van der Waals surface area contributed by atoms with Crippen molar-refractivity contribution in [2.45, 2.75) is 69.7 Å². The molecule has 2 fully saturated rings. The van der Waals surface area contributed by atoms with E-state index in [2.05, 4.69) is 15.5 Å². The fourth-order valence-corrected chi connectivity index (χ4v) is 4.70. The number of nitrogens with one attached hydrogen (secondary N) is 1. The van der Waals surface area contributed by atoms with Gasteiger partial charge in [0, 0.05) is 18.3 Å². The summed E-state index contributed by atoms with van der Waals surface area (Å²) < 4.78 is 5.55. The van der Waals surface area contributed by atoms with Crippen LogP contribution in [-0.4, -0.2) is 75.1 Å². The maximum atomic E-state index is 13.2. The third-order valence-corrected chi connectivity index (χ3v) is 6.37. The molecule has 1 aromatic rings. The molecule has 1 aliphatic carbocycles. The Morgan fingerprint density at radius 2 is 2.00 bits per heavy atom. The van der Waals surface area contributed by atoms with Gasteiger partial charge < -0.3 is 14.6 Å². The molecule has 1 aromatic heterocycles. The Morgan fingerprint density at radius 1 is 1.28 bits per heavy atom. The molecule has 2 heterocycles. The number of carbonyl (C=O) groups is 4. The quantitative estimate of drug-likeness (QED) is 0.218. The first-order chi connectivity index (χ1) is 14.9. The molecule has 4 amide bonds. The zero-order valence-electron chi connectivity index (χ0n) is 18.3. The average Bonchev–Trinajstić information content (AvgIpc) is 3.35. The number of thioether (sulfide) groups is 1. The molecule has 1 atom stereocenters. The number of imide groups is 1. The van der Waals surface area contributed by atoms with Crippen LogP contribution in [0.2, 0.25) is 0 Å². The lowest BCUT2D eigenvalue weighted by Crippen LogP contribution is -2.48. The van der Waals surface area contributed by atoms with Crippen molar-refractivity contribution >= 4 is 48.3 Å². The van der Waals surface area contributed by atoms with E-state index in [-0.39, 0.29) is 60.3 Å². The van der Waals surface area contributed by atoms with Crippen molar-refractivity contribution in [3.05, 3.63) is 5.89 Å². The highest BCUT2D eigenvalue weighted by Gasteiger charge is 2.35. The van der Waals surface area contributed by atoms with Gasteiger partial charge in [-0.3, -0.25) is 19.3 Å². The Bertz CT molecular complexity index is 798. The van der Waals surface area contributed by atoms with Crippen LogP contribution in [0, 0.1) is 5.92 Å².